The Morgan fingerprint density at radius 2 is 1.64 bits per heavy atom. The van der Waals surface area contributed by atoms with Gasteiger partial charge in [-0.05, 0) is 88.7 Å². The van der Waals surface area contributed by atoms with Crippen molar-refractivity contribution in [1.82, 2.24) is 14.5 Å². The number of nitrogens with one attached hydrogen (secondary N) is 1. The zero-order valence-electron chi connectivity index (χ0n) is 20.4. The number of hydrogen-bond acceptors (Lipinski definition) is 4. The van der Waals surface area contributed by atoms with Crippen LogP contribution in [0.5, 0.6) is 0 Å². The van der Waals surface area contributed by atoms with Gasteiger partial charge in [-0.25, -0.2) is 8.42 Å². The van der Waals surface area contributed by atoms with Crippen molar-refractivity contribution in [2.24, 2.45) is 5.92 Å². The molecule has 1 aliphatic heterocycles. The number of aryl methyl sites for hydroxylation is 2. The van der Waals surface area contributed by atoms with Crippen molar-refractivity contribution in [2.75, 3.05) is 33.7 Å². The minimum Gasteiger partial charge on any atom is -0.354 e. The molecule has 3 aliphatic rings. The van der Waals surface area contributed by atoms with Crippen molar-refractivity contribution in [3.05, 3.63) is 29.3 Å². The third-order valence-electron chi connectivity index (χ3n) is 8.36. The molecule has 1 saturated carbocycles. The Labute approximate surface area is 200 Å². The molecule has 184 valence electrons. The van der Waals surface area contributed by atoms with Gasteiger partial charge >= 0.3 is 0 Å². The molecule has 0 unspecified atom stereocenters. The van der Waals surface area contributed by atoms with E-state index in [4.69, 9.17) is 0 Å². The van der Waals surface area contributed by atoms with Crippen molar-refractivity contribution in [3.63, 3.8) is 0 Å². The minimum atomic E-state index is -3.50. The molecule has 0 spiro atoms. The molecule has 0 radical (unpaired) electrons. The Hall–Kier alpha value is -1.44. The van der Waals surface area contributed by atoms with E-state index in [-0.39, 0.29) is 17.4 Å². The van der Waals surface area contributed by atoms with Crippen LogP contribution in [0.4, 0.5) is 0 Å². The lowest BCUT2D eigenvalue weighted by molar-refractivity contribution is -0.126. The lowest BCUT2D eigenvalue weighted by Crippen LogP contribution is -2.53. The van der Waals surface area contributed by atoms with Crippen LogP contribution in [0.1, 0.15) is 75.3 Å². The predicted octanol–water partition coefficient (Wildman–Crippen LogP) is 3.74. The van der Waals surface area contributed by atoms with Crippen LogP contribution in [0.25, 0.3) is 0 Å². The number of carbonyl (C=O) groups excluding carboxylic acids is 1. The Bertz CT molecular complexity index is 928. The summed E-state index contributed by atoms with van der Waals surface area (Å²) in [6.07, 6.45) is 12.7. The van der Waals surface area contributed by atoms with Crippen molar-refractivity contribution < 1.29 is 13.2 Å². The van der Waals surface area contributed by atoms with Crippen molar-refractivity contribution in [2.45, 2.75) is 87.5 Å². The number of sulfonamides is 1. The molecule has 1 N–H and O–H groups in total. The maximum atomic E-state index is 13.3. The van der Waals surface area contributed by atoms with E-state index in [1.54, 1.807) is 10.4 Å². The molecule has 33 heavy (non-hydrogen) atoms. The molecule has 6 nitrogen and oxygen atoms in total. The number of rotatable bonds is 6. The van der Waals surface area contributed by atoms with Crippen LogP contribution in [0, 0.1) is 5.92 Å². The fourth-order valence-electron chi connectivity index (χ4n) is 5.94. The smallest absolute Gasteiger partial charge is 0.243 e. The van der Waals surface area contributed by atoms with E-state index in [0.717, 1.165) is 32.1 Å². The zero-order chi connectivity index (χ0) is 23.5. The van der Waals surface area contributed by atoms with Gasteiger partial charge in [0.25, 0.3) is 0 Å². The summed E-state index contributed by atoms with van der Waals surface area (Å²) in [7, 11) is 0.749. The average Bonchev–Trinajstić information content (AvgIpc) is 3.09. The first-order valence-corrected chi connectivity index (χ1v) is 14.3. The highest BCUT2D eigenvalue weighted by Crippen LogP contribution is 2.31. The Morgan fingerprint density at radius 1 is 1.00 bits per heavy atom. The summed E-state index contributed by atoms with van der Waals surface area (Å²) in [5.74, 6) is -0.0173. The van der Waals surface area contributed by atoms with Gasteiger partial charge in [-0.2, -0.15) is 4.31 Å². The number of nitrogens with zero attached hydrogens (tertiary/aromatic N) is 2. The van der Waals surface area contributed by atoms with E-state index >= 15 is 0 Å². The van der Waals surface area contributed by atoms with Crippen LogP contribution >= 0.6 is 0 Å². The fourth-order valence-corrected chi connectivity index (χ4v) is 7.46. The summed E-state index contributed by atoms with van der Waals surface area (Å²) in [5.41, 5.74) is 2.52. The summed E-state index contributed by atoms with van der Waals surface area (Å²) in [6, 6.07) is 5.65. The number of likely N-dealkylation sites (N-methyl/N-ethyl adjacent to an activating group) is 1. The summed E-state index contributed by atoms with van der Waals surface area (Å²) in [5, 5.41) is 3.24. The normalized spacial score (nSPS) is 22.5. The van der Waals surface area contributed by atoms with Crippen molar-refractivity contribution in [1.29, 1.82) is 0 Å². The molecular formula is C26H41N3O3S. The van der Waals surface area contributed by atoms with E-state index in [2.05, 4.69) is 24.3 Å². The number of piperidine rings is 1. The van der Waals surface area contributed by atoms with Gasteiger partial charge in [-0.1, -0.05) is 31.7 Å². The van der Waals surface area contributed by atoms with Crippen LogP contribution in [0.15, 0.2) is 23.1 Å². The summed E-state index contributed by atoms with van der Waals surface area (Å²) >= 11 is 0. The van der Waals surface area contributed by atoms with Gasteiger partial charge in [-0.15, -0.1) is 0 Å². The fraction of sp³-hybridized carbons (Fsp3) is 0.731. The number of benzene rings is 1. The number of hydrogen-bond donors (Lipinski definition) is 1. The summed E-state index contributed by atoms with van der Waals surface area (Å²) in [6.45, 7) is 1.51. The first-order chi connectivity index (χ1) is 15.8. The van der Waals surface area contributed by atoms with Crippen LogP contribution in [0.3, 0.4) is 0 Å². The Kier molecular flexibility index (Phi) is 7.81. The van der Waals surface area contributed by atoms with E-state index in [1.807, 2.05) is 12.1 Å². The lowest BCUT2D eigenvalue weighted by Gasteiger charge is -2.40. The number of carbonyl (C=O) groups is 1. The Morgan fingerprint density at radius 3 is 2.27 bits per heavy atom. The van der Waals surface area contributed by atoms with Gasteiger partial charge in [0.2, 0.25) is 15.9 Å². The quantitative estimate of drug-likeness (QED) is 0.637. The molecule has 1 heterocycles. The van der Waals surface area contributed by atoms with E-state index in [0.29, 0.717) is 37.4 Å². The van der Waals surface area contributed by atoms with Crippen LogP contribution in [-0.4, -0.2) is 62.8 Å². The third-order valence-corrected chi connectivity index (χ3v) is 10.3. The van der Waals surface area contributed by atoms with Gasteiger partial charge in [0.15, 0.2) is 0 Å². The third kappa shape index (κ3) is 5.46. The minimum absolute atomic E-state index is 0.0443. The van der Waals surface area contributed by atoms with Gasteiger partial charge in [0.1, 0.15) is 0 Å². The monoisotopic (exact) mass is 475 g/mol. The molecule has 1 saturated heterocycles. The molecule has 1 aromatic carbocycles. The van der Waals surface area contributed by atoms with Gasteiger partial charge < -0.3 is 10.2 Å². The summed E-state index contributed by atoms with van der Waals surface area (Å²) < 4.78 is 28.1. The molecule has 2 fully saturated rings. The van der Waals surface area contributed by atoms with Crippen LogP contribution < -0.4 is 5.32 Å². The number of amides is 1. The standard InChI is InChI=1S/C26H41N3O3S/c1-28(2)26(15-7-3-4-8-16-26)20-27-25(30)22-13-17-29(18-14-22)33(31,32)24-12-11-21-9-5-6-10-23(21)19-24/h11-12,19,22H,3-10,13-18,20H2,1-2H3,(H,27,30). The summed E-state index contributed by atoms with van der Waals surface area (Å²) in [4.78, 5) is 15.7. The molecule has 1 amide bonds. The second-order valence-electron chi connectivity index (χ2n) is 10.6. The van der Waals surface area contributed by atoms with E-state index in [9.17, 15) is 13.2 Å². The van der Waals surface area contributed by atoms with Crippen LogP contribution in [0.2, 0.25) is 0 Å². The second-order valence-corrected chi connectivity index (χ2v) is 12.5. The van der Waals surface area contributed by atoms with E-state index in [1.165, 1.54) is 43.2 Å². The Balaban J connectivity index is 1.34. The highest BCUT2D eigenvalue weighted by atomic mass is 32.2. The van der Waals surface area contributed by atoms with Crippen molar-refractivity contribution in [3.8, 4) is 0 Å². The maximum Gasteiger partial charge on any atom is 0.243 e. The highest BCUT2D eigenvalue weighted by molar-refractivity contribution is 7.89. The second kappa shape index (κ2) is 10.4. The molecule has 1 aromatic rings. The largest absolute Gasteiger partial charge is 0.354 e. The zero-order valence-corrected chi connectivity index (χ0v) is 21.3. The molecule has 2 aliphatic carbocycles. The average molecular weight is 476 g/mol. The highest BCUT2D eigenvalue weighted by Gasteiger charge is 2.36. The molecule has 7 heteroatoms. The molecular weight excluding hydrogens is 434 g/mol. The first kappa shape index (κ1) is 24.7. The van der Waals surface area contributed by atoms with Gasteiger partial charge in [-0.3, -0.25) is 4.79 Å². The molecule has 4 rings (SSSR count). The molecule has 0 bridgehead atoms. The van der Waals surface area contributed by atoms with E-state index < -0.39 is 10.0 Å². The topological polar surface area (TPSA) is 69.7 Å². The predicted molar refractivity (Wildman–Crippen MR) is 132 cm³/mol. The lowest BCUT2D eigenvalue weighted by atomic mass is 9.88. The van der Waals surface area contributed by atoms with Gasteiger partial charge in [0.05, 0.1) is 4.90 Å². The first-order valence-electron chi connectivity index (χ1n) is 12.9. The van der Waals surface area contributed by atoms with Crippen LogP contribution in [-0.2, 0) is 27.7 Å². The molecule has 0 aromatic heterocycles. The van der Waals surface area contributed by atoms with Crippen molar-refractivity contribution >= 4 is 15.9 Å². The van der Waals surface area contributed by atoms with Gasteiger partial charge in [0, 0.05) is 31.1 Å². The number of fused-ring (bicyclic) bond motifs is 1. The SMILES string of the molecule is CN(C)C1(CNC(=O)C2CCN(S(=O)(=O)c3ccc4c(c3)CCCC4)CC2)CCCCCC1. The maximum absolute atomic E-state index is 13.3. The molecule has 0 atom stereocenters.